The molecule has 0 aliphatic heterocycles. The highest BCUT2D eigenvalue weighted by Gasteiger charge is 2.38. The monoisotopic (exact) mass is 465 g/mol. The van der Waals surface area contributed by atoms with Gasteiger partial charge in [-0.3, -0.25) is 19.6 Å². The summed E-state index contributed by atoms with van der Waals surface area (Å²) < 4.78 is 0. The fourth-order valence-electron chi connectivity index (χ4n) is 4.29. The Labute approximate surface area is 201 Å². The standard InChI is InChI=1S/C27H35N3O4/c1-5-12-21(26(32)30-34)22(17-18(2)3)25(31)29-24(27(33)28-4)23(19-13-8-6-9-14-19)20-15-10-7-11-16-20/h5-11,13-16,18,21-24,34H,1,12,17H2,2-4H3,(H,28,33)(H,29,31)(H,30,32). The molecule has 0 bridgehead atoms. The van der Waals surface area contributed by atoms with Crippen LogP contribution in [0.2, 0.25) is 0 Å². The molecule has 2 rings (SSSR count). The van der Waals surface area contributed by atoms with Crippen molar-refractivity contribution in [2.75, 3.05) is 7.05 Å². The molecule has 2 aromatic carbocycles. The van der Waals surface area contributed by atoms with Crippen molar-refractivity contribution < 1.29 is 19.6 Å². The summed E-state index contributed by atoms with van der Waals surface area (Å²) in [5.74, 6) is -3.34. The Morgan fingerprint density at radius 1 is 0.882 bits per heavy atom. The summed E-state index contributed by atoms with van der Waals surface area (Å²) >= 11 is 0. The summed E-state index contributed by atoms with van der Waals surface area (Å²) in [6.45, 7) is 7.60. The maximum Gasteiger partial charge on any atom is 0.247 e. The van der Waals surface area contributed by atoms with E-state index in [1.165, 1.54) is 7.05 Å². The smallest absolute Gasteiger partial charge is 0.247 e. The number of carbonyl (C=O) groups excluding carboxylic acids is 3. The number of rotatable bonds is 12. The third-order valence-corrected chi connectivity index (χ3v) is 5.89. The number of amides is 3. The van der Waals surface area contributed by atoms with Crippen molar-refractivity contribution in [2.45, 2.75) is 38.6 Å². The summed E-state index contributed by atoms with van der Waals surface area (Å²) in [5, 5.41) is 14.9. The molecule has 7 nitrogen and oxygen atoms in total. The largest absolute Gasteiger partial charge is 0.357 e. The number of hydrogen-bond donors (Lipinski definition) is 4. The van der Waals surface area contributed by atoms with Crippen LogP contribution in [0.4, 0.5) is 0 Å². The van der Waals surface area contributed by atoms with Gasteiger partial charge in [-0.15, -0.1) is 6.58 Å². The van der Waals surface area contributed by atoms with Gasteiger partial charge < -0.3 is 10.6 Å². The van der Waals surface area contributed by atoms with Crippen LogP contribution < -0.4 is 16.1 Å². The second kappa shape index (κ2) is 13.3. The normalized spacial score (nSPS) is 13.6. The minimum absolute atomic E-state index is 0.104. The van der Waals surface area contributed by atoms with E-state index in [2.05, 4.69) is 17.2 Å². The van der Waals surface area contributed by atoms with Gasteiger partial charge in [-0.05, 0) is 29.9 Å². The molecule has 182 valence electrons. The zero-order valence-electron chi connectivity index (χ0n) is 20.0. The first-order chi connectivity index (χ1) is 16.3. The van der Waals surface area contributed by atoms with Crippen LogP contribution in [0.5, 0.6) is 0 Å². The quantitative estimate of drug-likeness (QED) is 0.219. The topological polar surface area (TPSA) is 108 Å². The summed E-state index contributed by atoms with van der Waals surface area (Å²) in [6, 6.07) is 18.1. The molecular weight excluding hydrogens is 430 g/mol. The van der Waals surface area contributed by atoms with Gasteiger partial charge in [-0.1, -0.05) is 80.6 Å². The molecule has 7 heteroatoms. The molecular formula is C27H35N3O4. The van der Waals surface area contributed by atoms with Crippen LogP contribution in [-0.2, 0) is 14.4 Å². The van der Waals surface area contributed by atoms with Crippen molar-refractivity contribution in [3.8, 4) is 0 Å². The first kappa shape index (κ1) is 26.8. The Balaban J connectivity index is 2.51. The van der Waals surface area contributed by atoms with Crippen LogP contribution in [0, 0.1) is 17.8 Å². The zero-order chi connectivity index (χ0) is 25.1. The first-order valence-corrected chi connectivity index (χ1v) is 11.5. The molecule has 0 aromatic heterocycles. The molecule has 0 aliphatic rings. The van der Waals surface area contributed by atoms with Gasteiger partial charge in [0.05, 0.1) is 11.8 Å². The lowest BCUT2D eigenvalue weighted by atomic mass is 9.80. The predicted octanol–water partition coefficient (Wildman–Crippen LogP) is 3.41. The molecule has 0 heterocycles. The van der Waals surface area contributed by atoms with Crippen LogP contribution >= 0.6 is 0 Å². The van der Waals surface area contributed by atoms with Gasteiger partial charge >= 0.3 is 0 Å². The molecule has 0 spiro atoms. The Morgan fingerprint density at radius 2 is 1.41 bits per heavy atom. The Morgan fingerprint density at radius 3 is 1.82 bits per heavy atom. The van der Waals surface area contributed by atoms with Crippen LogP contribution in [-0.4, -0.2) is 36.0 Å². The van der Waals surface area contributed by atoms with E-state index in [0.29, 0.717) is 6.42 Å². The van der Waals surface area contributed by atoms with E-state index in [1.54, 1.807) is 11.6 Å². The molecule has 0 saturated heterocycles. The highest BCUT2D eigenvalue weighted by Crippen LogP contribution is 2.30. The molecule has 0 radical (unpaired) electrons. The van der Waals surface area contributed by atoms with Gasteiger partial charge in [-0.25, -0.2) is 5.48 Å². The van der Waals surface area contributed by atoms with Gasteiger partial charge in [0.2, 0.25) is 17.7 Å². The van der Waals surface area contributed by atoms with E-state index < -0.39 is 35.6 Å². The second-order valence-electron chi connectivity index (χ2n) is 8.74. The molecule has 34 heavy (non-hydrogen) atoms. The third kappa shape index (κ3) is 7.02. The summed E-state index contributed by atoms with van der Waals surface area (Å²) in [4.78, 5) is 39.1. The molecule has 0 saturated carbocycles. The fourth-order valence-corrected chi connectivity index (χ4v) is 4.29. The Kier molecular flexibility index (Phi) is 10.5. The van der Waals surface area contributed by atoms with Gasteiger partial charge in [0.25, 0.3) is 0 Å². The lowest BCUT2D eigenvalue weighted by Crippen LogP contribution is -2.53. The maximum absolute atomic E-state index is 13.6. The second-order valence-corrected chi connectivity index (χ2v) is 8.74. The molecule has 3 unspecified atom stereocenters. The first-order valence-electron chi connectivity index (χ1n) is 11.5. The van der Waals surface area contributed by atoms with E-state index in [4.69, 9.17) is 0 Å². The average molecular weight is 466 g/mol. The number of hydroxylamine groups is 1. The van der Waals surface area contributed by atoms with Gasteiger partial charge in [-0.2, -0.15) is 0 Å². The van der Waals surface area contributed by atoms with E-state index in [1.807, 2.05) is 74.5 Å². The minimum atomic E-state index is -0.918. The maximum atomic E-state index is 13.6. The third-order valence-electron chi connectivity index (χ3n) is 5.89. The van der Waals surface area contributed by atoms with E-state index in [0.717, 1.165) is 11.1 Å². The fraction of sp³-hybridized carbons (Fsp3) is 0.370. The number of carbonyl (C=O) groups is 3. The predicted molar refractivity (Wildman–Crippen MR) is 132 cm³/mol. The number of allylic oxidation sites excluding steroid dienone is 1. The molecule has 3 amide bonds. The van der Waals surface area contributed by atoms with E-state index in [9.17, 15) is 19.6 Å². The lowest BCUT2D eigenvalue weighted by molar-refractivity contribution is -0.141. The van der Waals surface area contributed by atoms with Gasteiger partial charge in [0, 0.05) is 13.0 Å². The van der Waals surface area contributed by atoms with Crippen LogP contribution in [0.3, 0.4) is 0 Å². The SMILES string of the molecule is C=CCC(C(=O)NO)C(CC(C)C)C(=O)NC(C(=O)NC)C(c1ccccc1)c1ccccc1. The summed E-state index contributed by atoms with van der Waals surface area (Å²) in [5.41, 5.74) is 3.42. The average Bonchev–Trinajstić information content (AvgIpc) is 2.85. The van der Waals surface area contributed by atoms with Crippen LogP contribution in [0.1, 0.15) is 43.7 Å². The number of hydrogen-bond acceptors (Lipinski definition) is 4. The lowest BCUT2D eigenvalue weighted by Gasteiger charge is -2.31. The molecule has 2 aromatic rings. The highest BCUT2D eigenvalue weighted by molar-refractivity contribution is 5.92. The summed E-state index contributed by atoms with van der Waals surface area (Å²) in [6.07, 6.45) is 2.16. The number of benzene rings is 2. The molecule has 0 aliphatic carbocycles. The number of likely N-dealkylation sites (N-methyl/N-ethyl adjacent to an activating group) is 1. The molecule has 4 N–H and O–H groups in total. The highest BCUT2D eigenvalue weighted by atomic mass is 16.5. The Hall–Kier alpha value is -3.45. The van der Waals surface area contributed by atoms with Crippen molar-refractivity contribution in [1.82, 2.24) is 16.1 Å². The van der Waals surface area contributed by atoms with Crippen molar-refractivity contribution in [3.63, 3.8) is 0 Å². The Bertz CT molecular complexity index is 907. The van der Waals surface area contributed by atoms with Crippen molar-refractivity contribution in [3.05, 3.63) is 84.4 Å². The van der Waals surface area contributed by atoms with Gasteiger partial charge in [0.15, 0.2) is 0 Å². The minimum Gasteiger partial charge on any atom is -0.357 e. The zero-order valence-corrected chi connectivity index (χ0v) is 20.0. The number of nitrogens with one attached hydrogen (secondary N) is 3. The summed E-state index contributed by atoms with van der Waals surface area (Å²) in [7, 11) is 1.53. The van der Waals surface area contributed by atoms with E-state index in [-0.39, 0.29) is 18.2 Å². The van der Waals surface area contributed by atoms with Crippen molar-refractivity contribution >= 4 is 17.7 Å². The molecule has 3 atom stereocenters. The van der Waals surface area contributed by atoms with Crippen molar-refractivity contribution in [1.29, 1.82) is 0 Å². The van der Waals surface area contributed by atoms with Crippen LogP contribution in [0.15, 0.2) is 73.3 Å². The van der Waals surface area contributed by atoms with Crippen molar-refractivity contribution in [2.24, 2.45) is 17.8 Å². The molecule has 0 fully saturated rings. The van der Waals surface area contributed by atoms with Gasteiger partial charge in [0.1, 0.15) is 6.04 Å². The van der Waals surface area contributed by atoms with E-state index >= 15 is 0 Å². The van der Waals surface area contributed by atoms with Crippen LogP contribution in [0.25, 0.3) is 0 Å².